The number of rotatable bonds is 6. The molecule has 1 heterocycles. The van der Waals surface area contributed by atoms with Crippen LogP contribution in [0.15, 0.2) is 66.9 Å². The van der Waals surface area contributed by atoms with Gasteiger partial charge >= 0.3 is 0 Å². The summed E-state index contributed by atoms with van der Waals surface area (Å²) in [6.07, 6.45) is 1.69. The summed E-state index contributed by atoms with van der Waals surface area (Å²) in [7, 11) is 0. The average molecular weight is 356 g/mol. The Morgan fingerprint density at radius 1 is 1.16 bits per heavy atom. The van der Waals surface area contributed by atoms with Crippen LogP contribution >= 0.6 is 11.6 Å². The van der Waals surface area contributed by atoms with Crippen LogP contribution in [0.3, 0.4) is 0 Å². The molecule has 0 spiro atoms. The van der Waals surface area contributed by atoms with Crippen LogP contribution in [0.1, 0.15) is 29.0 Å². The molecule has 0 radical (unpaired) electrons. The van der Waals surface area contributed by atoms with Gasteiger partial charge in [-0.25, -0.2) is 4.68 Å². The molecule has 0 aliphatic carbocycles. The zero-order valence-corrected chi connectivity index (χ0v) is 14.5. The summed E-state index contributed by atoms with van der Waals surface area (Å²) in [5.41, 5.74) is 1.38. The molecule has 3 rings (SSSR count). The van der Waals surface area contributed by atoms with Gasteiger partial charge in [-0.15, -0.1) is 0 Å². The lowest BCUT2D eigenvalue weighted by molar-refractivity contribution is 0.0932. The Kier molecular flexibility index (Phi) is 5.36. The average Bonchev–Trinajstić information content (AvgIpc) is 3.11. The van der Waals surface area contributed by atoms with Crippen LogP contribution in [0.5, 0.6) is 5.75 Å². The van der Waals surface area contributed by atoms with E-state index in [2.05, 4.69) is 10.4 Å². The largest absolute Gasteiger partial charge is 0.470 e. The van der Waals surface area contributed by atoms with E-state index in [9.17, 15) is 4.79 Å². The molecule has 0 aliphatic rings. The van der Waals surface area contributed by atoms with Crippen molar-refractivity contribution in [2.45, 2.75) is 19.7 Å². The first-order valence-electron chi connectivity index (χ1n) is 7.90. The van der Waals surface area contributed by atoms with E-state index in [-0.39, 0.29) is 18.7 Å². The molecule has 0 fully saturated rings. The van der Waals surface area contributed by atoms with Crippen molar-refractivity contribution in [1.29, 1.82) is 0 Å². The molecule has 0 aliphatic heterocycles. The lowest BCUT2D eigenvalue weighted by atomic mass is 10.1. The highest BCUT2D eigenvalue weighted by Crippen LogP contribution is 2.23. The molecule has 1 aromatic heterocycles. The zero-order chi connectivity index (χ0) is 17.6. The minimum absolute atomic E-state index is 0.0989. The van der Waals surface area contributed by atoms with Gasteiger partial charge in [0.15, 0.2) is 6.73 Å². The summed E-state index contributed by atoms with van der Waals surface area (Å²) < 4.78 is 7.15. The Balaban J connectivity index is 1.59. The van der Waals surface area contributed by atoms with Crippen LogP contribution in [0.2, 0.25) is 5.02 Å². The molecular formula is C19H18ClN3O2. The summed E-state index contributed by atoms with van der Waals surface area (Å²) in [6.45, 7) is 2.11. The number of carbonyl (C=O) groups is 1. The molecule has 2 aromatic carbocycles. The molecule has 1 unspecified atom stereocenters. The van der Waals surface area contributed by atoms with Gasteiger partial charge in [-0.05, 0) is 30.7 Å². The van der Waals surface area contributed by atoms with Gasteiger partial charge in [-0.2, -0.15) is 5.10 Å². The second-order valence-corrected chi connectivity index (χ2v) is 5.96. The quantitative estimate of drug-likeness (QED) is 0.725. The number of carbonyl (C=O) groups excluding carboxylic acids is 1. The van der Waals surface area contributed by atoms with E-state index < -0.39 is 0 Å². The Morgan fingerprint density at radius 3 is 2.64 bits per heavy atom. The highest BCUT2D eigenvalue weighted by molar-refractivity contribution is 6.32. The van der Waals surface area contributed by atoms with Crippen molar-refractivity contribution >= 4 is 17.5 Å². The first kappa shape index (κ1) is 17.0. The smallest absolute Gasteiger partial charge is 0.272 e. The summed E-state index contributed by atoms with van der Waals surface area (Å²) in [5.74, 6) is 0.344. The van der Waals surface area contributed by atoms with Crippen molar-refractivity contribution in [2.75, 3.05) is 0 Å². The van der Waals surface area contributed by atoms with E-state index in [0.29, 0.717) is 16.5 Å². The van der Waals surface area contributed by atoms with Gasteiger partial charge in [-0.1, -0.05) is 54.1 Å². The molecule has 0 bridgehead atoms. The van der Waals surface area contributed by atoms with Gasteiger partial charge in [0, 0.05) is 6.20 Å². The van der Waals surface area contributed by atoms with Gasteiger partial charge < -0.3 is 10.1 Å². The second-order valence-electron chi connectivity index (χ2n) is 5.55. The Labute approximate surface area is 151 Å². The molecule has 1 amide bonds. The minimum atomic E-state index is -0.229. The van der Waals surface area contributed by atoms with Crippen molar-refractivity contribution in [1.82, 2.24) is 15.1 Å². The van der Waals surface area contributed by atoms with Gasteiger partial charge in [0.2, 0.25) is 0 Å². The van der Waals surface area contributed by atoms with Crippen molar-refractivity contribution in [2.24, 2.45) is 0 Å². The molecular weight excluding hydrogens is 338 g/mol. The van der Waals surface area contributed by atoms with E-state index >= 15 is 0 Å². The van der Waals surface area contributed by atoms with Crippen LogP contribution in [0.25, 0.3) is 0 Å². The first-order valence-corrected chi connectivity index (χ1v) is 8.28. The molecule has 25 heavy (non-hydrogen) atoms. The highest BCUT2D eigenvalue weighted by atomic mass is 35.5. The van der Waals surface area contributed by atoms with Gasteiger partial charge in [0.25, 0.3) is 5.91 Å². The number of nitrogens with one attached hydrogen (secondary N) is 1. The number of hydrogen-bond acceptors (Lipinski definition) is 3. The second kappa shape index (κ2) is 7.85. The predicted octanol–water partition coefficient (Wildman–Crippen LogP) is 4.06. The van der Waals surface area contributed by atoms with E-state index in [4.69, 9.17) is 16.3 Å². The van der Waals surface area contributed by atoms with E-state index in [1.807, 2.05) is 49.4 Å². The number of halogens is 1. The summed E-state index contributed by atoms with van der Waals surface area (Å²) in [6, 6.07) is 18.5. The Hall–Kier alpha value is -2.79. The molecule has 1 atom stereocenters. The first-order chi connectivity index (χ1) is 12.1. The van der Waals surface area contributed by atoms with Crippen LogP contribution in [-0.2, 0) is 6.73 Å². The van der Waals surface area contributed by atoms with Gasteiger partial charge in [0.05, 0.1) is 11.1 Å². The molecule has 0 saturated carbocycles. The third-order valence-electron chi connectivity index (χ3n) is 3.71. The number of benzene rings is 2. The third kappa shape index (κ3) is 4.39. The van der Waals surface area contributed by atoms with E-state index in [0.717, 1.165) is 5.56 Å². The van der Waals surface area contributed by atoms with E-state index in [1.165, 1.54) is 0 Å². The zero-order valence-electron chi connectivity index (χ0n) is 13.7. The SMILES string of the molecule is CC(NC(=O)c1ccn(COc2ccccc2Cl)n1)c1ccccc1. The lowest BCUT2D eigenvalue weighted by Gasteiger charge is -2.13. The van der Waals surface area contributed by atoms with Crippen molar-refractivity contribution in [3.63, 3.8) is 0 Å². The summed E-state index contributed by atoms with van der Waals surface area (Å²) in [5, 5.41) is 7.70. The minimum Gasteiger partial charge on any atom is -0.470 e. The third-order valence-corrected chi connectivity index (χ3v) is 4.02. The van der Waals surface area contributed by atoms with Crippen molar-refractivity contribution in [3.8, 4) is 5.75 Å². The molecule has 128 valence electrons. The van der Waals surface area contributed by atoms with Crippen molar-refractivity contribution < 1.29 is 9.53 Å². The van der Waals surface area contributed by atoms with E-state index in [1.54, 1.807) is 29.1 Å². The number of aromatic nitrogens is 2. The Bertz CT molecular complexity index is 849. The monoisotopic (exact) mass is 355 g/mol. The fraction of sp³-hybridized carbons (Fsp3) is 0.158. The molecule has 5 nitrogen and oxygen atoms in total. The summed E-state index contributed by atoms with van der Waals surface area (Å²) in [4.78, 5) is 12.3. The molecule has 0 saturated heterocycles. The lowest BCUT2D eigenvalue weighted by Crippen LogP contribution is -2.27. The maximum atomic E-state index is 12.3. The Morgan fingerprint density at radius 2 is 1.88 bits per heavy atom. The van der Waals surface area contributed by atoms with Gasteiger partial charge in [-0.3, -0.25) is 4.79 Å². The molecule has 1 N–H and O–H groups in total. The molecule has 6 heteroatoms. The number of nitrogens with zero attached hydrogens (tertiary/aromatic N) is 2. The topological polar surface area (TPSA) is 56.2 Å². The summed E-state index contributed by atoms with van der Waals surface area (Å²) >= 11 is 6.04. The standard InChI is InChI=1S/C19H18ClN3O2/c1-14(15-7-3-2-4-8-15)21-19(24)17-11-12-23(22-17)13-25-18-10-6-5-9-16(18)20/h2-12,14H,13H2,1H3,(H,21,24). The maximum Gasteiger partial charge on any atom is 0.272 e. The fourth-order valence-corrected chi connectivity index (χ4v) is 2.54. The van der Waals surface area contributed by atoms with Crippen molar-refractivity contribution in [3.05, 3.63) is 83.1 Å². The fourth-order valence-electron chi connectivity index (χ4n) is 2.35. The maximum absolute atomic E-state index is 12.3. The number of amides is 1. The van der Waals surface area contributed by atoms with Gasteiger partial charge in [0.1, 0.15) is 11.4 Å². The molecule has 3 aromatic rings. The predicted molar refractivity (Wildman–Crippen MR) is 96.6 cm³/mol. The highest BCUT2D eigenvalue weighted by Gasteiger charge is 2.14. The number of para-hydroxylation sites is 1. The number of hydrogen-bond donors (Lipinski definition) is 1. The van der Waals surface area contributed by atoms with Crippen LogP contribution in [0, 0.1) is 0 Å². The van der Waals surface area contributed by atoms with Crippen LogP contribution in [-0.4, -0.2) is 15.7 Å². The van der Waals surface area contributed by atoms with Crippen LogP contribution in [0.4, 0.5) is 0 Å². The number of ether oxygens (including phenoxy) is 1. The van der Waals surface area contributed by atoms with Crippen LogP contribution < -0.4 is 10.1 Å². The normalized spacial score (nSPS) is 11.8.